The minimum absolute atomic E-state index is 0.0313. The van der Waals surface area contributed by atoms with Crippen LogP contribution >= 0.6 is 22.6 Å². The Morgan fingerprint density at radius 1 is 1.56 bits per heavy atom. The number of nitrogens with zero attached hydrogens (tertiary/aromatic N) is 4. The molecule has 0 bridgehead atoms. The van der Waals surface area contributed by atoms with E-state index >= 15 is 0 Å². The molecule has 7 heteroatoms. The molecule has 2 aromatic rings. The van der Waals surface area contributed by atoms with E-state index in [-0.39, 0.29) is 5.69 Å². The monoisotopic (exact) mass is 330 g/mol. The van der Waals surface area contributed by atoms with Crippen LogP contribution in [0.15, 0.2) is 18.3 Å². The van der Waals surface area contributed by atoms with E-state index in [2.05, 4.69) is 15.3 Å². The number of halogens is 1. The fraction of sp³-hybridized carbons (Fsp3) is 0.111. The quantitative estimate of drug-likeness (QED) is 0.839. The fourth-order valence-corrected chi connectivity index (χ4v) is 1.82. The van der Waals surface area contributed by atoms with E-state index in [1.807, 2.05) is 22.6 Å². The maximum Gasteiger partial charge on any atom is 0.357 e. The second-order valence-electron chi connectivity index (χ2n) is 3.05. The van der Waals surface area contributed by atoms with Gasteiger partial charge in [-0.05, 0) is 41.6 Å². The smallest absolute Gasteiger partial charge is 0.357 e. The molecule has 6 nitrogen and oxygen atoms in total. The minimum Gasteiger partial charge on any atom is -0.476 e. The van der Waals surface area contributed by atoms with Crippen LogP contribution in [0.3, 0.4) is 0 Å². The molecule has 0 aromatic carbocycles. The third-order valence-corrected chi connectivity index (χ3v) is 3.31. The molecule has 82 valence electrons. The lowest BCUT2D eigenvalue weighted by Gasteiger charge is -2.00. The molecular formula is C9H7IN4O2. The summed E-state index contributed by atoms with van der Waals surface area (Å²) < 4.78 is 2.08. The van der Waals surface area contributed by atoms with Gasteiger partial charge in [0.2, 0.25) is 0 Å². The molecule has 0 fully saturated rings. The van der Waals surface area contributed by atoms with Gasteiger partial charge in [-0.1, -0.05) is 0 Å². The maximum absolute atomic E-state index is 10.9. The van der Waals surface area contributed by atoms with Gasteiger partial charge in [0.1, 0.15) is 0 Å². The molecule has 16 heavy (non-hydrogen) atoms. The number of carboxylic acids is 1. The standard InChI is InChI=1S/C9H7IN4O2/c1-5-7(10)8(9(15)16)13-14(5)6-3-2-4-11-12-6/h2-4H,1H3,(H,15,16). The lowest BCUT2D eigenvalue weighted by atomic mass is 10.4. The summed E-state index contributed by atoms with van der Waals surface area (Å²) in [5.74, 6) is -0.541. The summed E-state index contributed by atoms with van der Waals surface area (Å²) in [6.45, 7) is 1.79. The van der Waals surface area contributed by atoms with Gasteiger partial charge in [0.05, 0.1) is 9.26 Å². The first-order chi connectivity index (χ1) is 7.61. The number of hydrogen-bond donors (Lipinski definition) is 1. The van der Waals surface area contributed by atoms with Crippen LogP contribution in [0.4, 0.5) is 0 Å². The zero-order valence-electron chi connectivity index (χ0n) is 8.25. The second-order valence-corrected chi connectivity index (χ2v) is 4.13. The van der Waals surface area contributed by atoms with Crippen molar-refractivity contribution in [2.24, 2.45) is 0 Å². The van der Waals surface area contributed by atoms with Gasteiger partial charge in [0.15, 0.2) is 11.5 Å². The molecule has 0 atom stereocenters. The Kier molecular flexibility index (Phi) is 2.86. The molecule has 0 saturated carbocycles. The predicted molar refractivity (Wildman–Crippen MR) is 63.6 cm³/mol. The molecule has 0 radical (unpaired) electrons. The van der Waals surface area contributed by atoms with Crippen LogP contribution in [0.25, 0.3) is 5.82 Å². The molecule has 0 spiro atoms. The predicted octanol–water partition coefficient (Wildman–Crippen LogP) is 1.27. The Morgan fingerprint density at radius 2 is 2.31 bits per heavy atom. The average molecular weight is 330 g/mol. The number of carbonyl (C=O) groups is 1. The van der Waals surface area contributed by atoms with E-state index in [9.17, 15) is 4.79 Å². The normalized spacial score (nSPS) is 10.4. The highest BCUT2D eigenvalue weighted by Gasteiger charge is 2.19. The third-order valence-electron chi connectivity index (χ3n) is 2.02. The van der Waals surface area contributed by atoms with Gasteiger partial charge in [-0.15, -0.1) is 5.10 Å². The first kappa shape index (κ1) is 11.0. The lowest BCUT2D eigenvalue weighted by Crippen LogP contribution is -2.04. The highest BCUT2D eigenvalue weighted by atomic mass is 127. The van der Waals surface area contributed by atoms with Crippen molar-refractivity contribution in [3.05, 3.63) is 33.3 Å². The van der Waals surface area contributed by atoms with Crippen molar-refractivity contribution in [2.45, 2.75) is 6.92 Å². The highest BCUT2D eigenvalue weighted by Crippen LogP contribution is 2.18. The molecule has 0 amide bonds. The molecule has 2 aromatic heterocycles. The lowest BCUT2D eigenvalue weighted by molar-refractivity contribution is 0.0689. The van der Waals surface area contributed by atoms with E-state index in [0.29, 0.717) is 9.39 Å². The van der Waals surface area contributed by atoms with Gasteiger partial charge in [-0.25, -0.2) is 9.48 Å². The van der Waals surface area contributed by atoms with Gasteiger partial charge in [0.25, 0.3) is 0 Å². The molecule has 2 heterocycles. The zero-order valence-corrected chi connectivity index (χ0v) is 10.4. The number of rotatable bonds is 2. The Bertz CT molecular complexity index is 538. The first-order valence-corrected chi connectivity index (χ1v) is 5.45. The van der Waals surface area contributed by atoms with Crippen LogP contribution in [-0.4, -0.2) is 31.1 Å². The van der Waals surface area contributed by atoms with Crippen LogP contribution in [0.2, 0.25) is 0 Å². The van der Waals surface area contributed by atoms with Gasteiger partial charge < -0.3 is 5.11 Å². The van der Waals surface area contributed by atoms with Gasteiger partial charge >= 0.3 is 5.97 Å². The van der Waals surface area contributed by atoms with E-state index in [0.717, 1.165) is 5.69 Å². The first-order valence-electron chi connectivity index (χ1n) is 4.37. The van der Waals surface area contributed by atoms with Crippen molar-refractivity contribution < 1.29 is 9.90 Å². The average Bonchev–Trinajstić information content (AvgIpc) is 2.58. The third kappa shape index (κ3) is 1.77. The van der Waals surface area contributed by atoms with Crippen LogP contribution in [0.5, 0.6) is 0 Å². The molecular weight excluding hydrogens is 323 g/mol. The molecule has 2 rings (SSSR count). The van der Waals surface area contributed by atoms with Crippen molar-refractivity contribution >= 4 is 28.6 Å². The topological polar surface area (TPSA) is 80.9 Å². The summed E-state index contributed by atoms with van der Waals surface area (Å²) in [6.07, 6.45) is 1.55. The summed E-state index contributed by atoms with van der Waals surface area (Å²) in [6, 6.07) is 3.44. The Hall–Kier alpha value is -1.51. The van der Waals surface area contributed by atoms with Crippen LogP contribution in [0, 0.1) is 10.5 Å². The van der Waals surface area contributed by atoms with Crippen LogP contribution in [-0.2, 0) is 0 Å². The van der Waals surface area contributed by atoms with Crippen LogP contribution < -0.4 is 0 Å². The van der Waals surface area contributed by atoms with Crippen LogP contribution in [0.1, 0.15) is 16.2 Å². The van der Waals surface area contributed by atoms with Crippen molar-refractivity contribution in [1.29, 1.82) is 0 Å². The minimum atomic E-state index is -1.05. The largest absolute Gasteiger partial charge is 0.476 e. The Balaban J connectivity index is 2.60. The fourth-order valence-electron chi connectivity index (χ4n) is 1.25. The number of hydrogen-bond acceptors (Lipinski definition) is 4. The summed E-state index contributed by atoms with van der Waals surface area (Å²) in [5, 5.41) is 20.5. The summed E-state index contributed by atoms with van der Waals surface area (Å²) >= 11 is 1.96. The van der Waals surface area contributed by atoms with Gasteiger partial charge in [0, 0.05) is 6.20 Å². The Labute approximate surface area is 104 Å². The van der Waals surface area contributed by atoms with E-state index in [4.69, 9.17) is 5.11 Å². The molecule has 0 aliphatic heterocycles. The molecule has 0 aliphatic carbocycles. The van der Waals surface area contributed by atoms with Crippen molar-refractivity contribution in [1.82, 2.24) is 20.0 Å². The number of aromatic nitrogens is 4. The second kappa shape index (κ2) is 4.16. The molecule has 0 aliphatic rings. The van der Waals surface area contributed by atoms with Crippen molar-refractivity contribution in [2.75, 3.05) is 0 Å². The van der Waals surface area contributed by atoms with Crippen molar-refractivity contribution in [3.63, 3.8) is 0 Å². The van der Waals surface area contributed by atoms with E-state index < -0.39 is 5.97 Å². The van der Waals surface area contributed by atoms with E-state index in [1.165, 1.54) is 4.68 Å². The summed E-state index contributed by atoms with van der Waals surface area (Å²) in [5.41, 5.74) is 0.766. The maximum atomic E-state index is 10.9. The summed E-state index contributed by atoms with van der Waals surface area (Å²) in [7, 11) is 0. The number of aromatic carboxylic acids is 1. The molecule has 0 saturated heterocycles. The van der Waals surface area contributed by atoms with E-state index in [1.54, 1.807) is 25.3 Å². The van der Waals surface area contributed by atoms with Gasteiger partial charge in [-0.3, -0.25) is 0 Å². The van der Waals surface area contributed by atoms with Gasteiger partial charge in [-0.2, -0.15) is 10.2 Å². The molecule has 1 N–H and O–H groups in total. The highest BCUT2D eigenvalue weighted by molar-refractivity contribution is 14.1. The number of carboxylic acid groups (broad SMARTS) is 1. The van der Waals surface area contributed by atoms with Crippen molar-refractivity contribution in [3.8, 4) is 5.82 Å². The summed E-state index contributed by atoms with van der Waals surface area (Å²) in [4.78, 5) is 10.9. The molecule has 0 unspecified atom stereocenters. The Morgan fingerprint density at radius 3 is 2.81 bits per heavy atom. The zero-order chi connectivity index (χ0) is 11.7. The SMILES string of the molecule is Cc1c(I)c(C(=O)O)nn1-c1cccnn1.